The van der Waals surface area contributed by atoms with Gasteiger partial charge in [0.2, 0.25) is 0 Å². The van der Waals surface area contributed by atoms with Gasteiger partial charge < -0.3 is 13.9 Å². The Morgan fingerprint density at radius 3 is 2.59 bits per heavy atom. The van der Waals surface area contributed by atoms with Crippen molar-refractivity contribution in [2.24, 2.45) is 0 Å². The average molecular weight is 392 g/mol. The molecule has 0 aliphatic carbocycles. The first-order chi connectivity index (χ1) is 12.6. The van der Waals surface area contributed by atoms with Crippen molar-refractivity contribution in [3.05, 3.63) is 48.6 Å². The molecule has 1 aliphatic rings. The van der Waals surface area contributed by atoms with Crippen LogP contribution in [-0.2, 0) is 20.5 Å². The van der Waals surface area contributed by atoms with Crippen molar-refractivity contribution in [1.29, 1.82) is 0 Å². The van der Waals surface area contributed by atoms with Crippen LogP contribution in [0.5, 0.6) is 0 Å². The zero-order valence-electron chi connectivity index (χ0n) is 17.2. The largest absolute Gasteiger partial charge is 0.444 e. The first-order valence-corrected chi connectivity index (χ1v) is 12.4. The van der Waals surface area contributed by atoms with Gasteiger partial charge in [0, 0.05) is 6.42 Å². The molecule has 1 heterocycles. The molecule has 6 heteroatoms. The summed E-state index contributed by atoms with van der Waals surface area (Å²) >= 11 is 0. The number of hydrogen-bond donors (Lipinski definition) is 0. The summed E-state index contributed by atoms with van der Waals surface area (Å²) < 4.78 is 17.6. The van der Waals surface area contributed by atoms with E-state index in [4.69, 9.17) is 13.9 Å². The number of amides is 1. The Balaban J connectivity index is 2.01. The number of rotatable bonds is 6. The Hall–Kier alpha value is -1.63. The van der Waals surface area contributed by atoms with Gasteiger partial charge in [-0.05, 0) is 23.7 Å². The van der Waals surface area contributed by atoms with Crippen molar-refractivity contribution in [2.75, 3.05) is 13.3 Å². The predicted molar refractivity (Wildman–Crippen MR) is 110 cm³/mol. The third-order valence-corrected chi connectivity index (χ3v) is 10.0. The number of benzene rings is 1. The lowest BCUT2D eigenvalue weighted by atomic mass is 10.1. The van der Waals surface area contributed by atoms with Crippen LogP contribution in [0.15, 0.2) is 43.0 Å². The molecule has 27 heavy (non-hydrogen) atoms. The van der Waals surface area contributed by atoms with Crippen LogP contribution in [-0.4, -0.2) is 44.8 Å². The van der Waals surface area contributed by atoms with Gasteiger partial charge in [0.05, 0.1) is 18.8 Å². The van der Waals surface area contributed by atoms with Crippen molar-refractivity contribution in [3.63, 3.8) is 0 Å². The summed E-state index contributed by atoms with van der Waals surface area (Å²) in [7, 11) is -1.90. The summed E-state index contributed by atoms with van der Waals surface area (Å²) in [4.78, 5) is 14.3. The summed E-state index contributed by atoms with van der Waals surface area (Å²) in [6.45, 7) is 15.8. The van der Waals surface area contributed by atoms with Crippen molar-refractivity contribution < 1.29 is 18.7 Å². The number of ether oxygens (including phenoxy) is 2. The number of carbonyl (C=O) groups excluding carboxylic acids is 1. The van der Waals surface area contributed by atoms with Crippen LogP contribution < -0.4 is 0 Å². The Labute approximate surface area is 164 Å². The van der Waals surface area contributed by atoms with Crippen LogP contribution in [0.1, 0.15) is 32.8 Å². The molecule has 2 rings (SSSR count). The van der Waals surface area contributed by atoms with Gasteiger partial charge in [0.15, 0.2) is 8.32 Å². The van der Waals surface area contributed by atoms with Crippen LogP contribution in [0, 0.1) is 0 Å². The second kappa shape index (κ2) is 9.04. The van der Waals surface area contributed by atoms with E-state index in [0.717, 1.165) is 5.56 Å². The van der Waals surface area contributed by atoms with Crippen LogP contribution in [0.4, 0.5) is 4.79 Å². The lowest BCUT2D eigenvalue weighted by Gasteiger charge is -2.41. The van der Waals surface area contributed by atoms with E-state index in [0.29, 0.717) is 13.0 Å². The van der Waals surface area contributed by atoms with E-state index < -0.39 is 8.32 Å². The summed E-state index contributed by atoms with van der Waals surface area (Å²) in [6.07, 6.45) is 2.01. The highest BCUT2D eigenvalue weighted by Crippen LogP contribution is 2.37. The van der Waals surface area contributed by atoms with Gasteiger partial charge in [-0.1, -0.05) is 57.2 Å². The summed E-state index contributed by atoms with van der Waals surface area (Å²) in [5, 5.41) is 0.120. The first kappa shape index (κ1) is 21.7. The molecule has 5 nitrogen and oxygen atoms in total. The fraction of sp³-hybridized carbons (Fsp3) is 0.571. The minimum Gasteiger partial charge on any atom is -0.444 e. The fourth-order valence-electron chi connectivity index (χ4n) is 2.59. The quantitative estimate of drug-likeness (QED) is 0.509. The molecule has 1 aliphatic heterocycles. The molecule has 0 N–H and O–H groups in total. The molecule has 1 saturated heterocycles. The van der Waals surface area contributed by atoms with Gasteiger partial charge in [-0.25, -0.2) is 4.79 Å². The van der Waals surface area contributed by atoms with E-state index in [2.05, 4.69) is 40.4 Å². The second-order valence-corrected chi connectivity index (χ2v) is 13.4. The van der Waals surface area contributed by atoms with E-state index in [-0.39, 0.29) is 36.6 Å². The Morgan fingerprint density at radius 2 is 2.00 bits per heavy atom. The molecule has 150 valence electrons. The van der Waals surface area contributed by atoms with Gasteiger partial charge in [0.1, 0.15) is 13.3 Å². The third kappa shape index (κ3) is 5.92. The number of nitrogens with zero attached hydrogens (tertiary/aromatic N) is 1. The molecule has 1 amide bonds. The smallest absolute Gasteiger partial charge is 0.412 e. The standard InChI is InChI=1S/C21H33NO4Si/c1-7-19-13-18(15-26-27(5,6)21(2,3)4)22(16-25-19)20(23)24-14-17-11-9-8-10-12-17/h7-12,18-19H,1,13-16H2,2-6H3/t18-,19-/m0/s1. The van der Waals surface area contributed by atoms with Gasteiger partial charge >= 0.3 is 6.09 Å². The van der Waals surface area contributed by atoms with E-state index in [1.165, 1.54) is 0 Å². The second-order valence-electron chi connectivity index (χ2n) is 8.54. The van der Waals surface area contributed by atoms with Gasteiger partial charge in [-0.15, -0.1) is 6.58 Å². The molecule has 1 fully saturated rings. The van der Waals surface area contributed by atoms with Crippen LogP contribution in [0.3, 0.4) is 0 Å². The number of carbonyl (C=O) groups is 1. The lowest BCUT2D eigenvalue weighted by molar-refractivity contribution is -0.0799. The molecule has 1 aromatic carbocycles. The maximum Gasteiger partial charge on any atom is 0.412 e. The minimum absolute atomic E-state index is 0.0730. The molecule has 0 unspecified atom stereocenters. The van der Waals surface area contributed by atoms with Gasteiger partial charge in [-0.2, -0.15) is 0 Å². The van der Waals surface area contributed by atoms with Gasteiger partial charge in [0.25, 0.3) is 0 Å². The normalized spacial score (nSPS) is 21.0. The van der Waals surface area contributed by atoms with Gasteiger partial charge in [-0.3, -0.25) is 4.90 Å². The maximum atomic E-state index is 12.7. The van der Waals surface area contributed by atoms with Crippen molar-refractivity contribution >= 4 is 14.4 Å². The Kier molecular flexibility index (Phi) is 7.25. The highest BCUT2D eigenvalue weighted by atomic mass is 28.4. The van der Waals surface area contributed by atoms with E-state index in [1.54, 1.807) is 11.0 Å². The Bertz CT molecular complexity index is 627. The fourth-order valence-corrected chi connectivity index (χ4v) is 3.63. The predicted octanol–water partition coefficient (Wildman–Crippen LogP) is 4.95. The molecule has 2 atom stereocenters. The molecule has 1 aromatic rings. The van der Waals surface area contributed by atoms with Crippen molar-refractivity contribution in [2.45, 2.75) is 64.1 Å². The summed E-state index contributed by atoms with van der Waals surface area (Å²) in [5.41, 5.74) is 0.960. The van der Waals surface area contributed by atoms with Crippen LogP contribution in [0.25, 0.3) is 0 Å². The van der Waals surface area contributed by atoms with Crippen LogP contribution >= 0.6 is 0 Å². The van der Waals surface area contributed by atoms with E-state index >= 15 is 0 Å². The third-order valence-electron chi connectivity index (χ3n) is 5.52. The minimum atomic E-state index is -1.90. The van der Waals surface area contributed by atoms with Crippen LogP contribution in [0.2, 0.25) is 18.1 Å². The Morgan fingerprint density at radius 1 is 1.33 bits per heavy atom. The van der Waals surface area contributed by atoms with E-state index in [9.17, 15) is 4.79 Å². The lowest BCUT2D eigenvalue weighted by Crippen LogP contribution is -2.53. The summed E-state index contributed by atoms with van der Waals surface area (Å²) in [6, 6.07) is 9.58. The molecule has 0 spiro atoms. The number of hydrogen-bond acceptors (Lipinski definition) is 4. The van der Waals surface area contributed by atoms with Crippen molar-refractivity contribution in [1.82, 2.24) is 4.90 Å². The molecule has 0 radical (unpaired) electrons. The maximum absolute atomic E-state index is 12.7. The zero-order valence-corrected chi connectivity index (χ0v) is 18.2. The van der Waals surface area contributed by atoms with E-state index in [1.807, 2.05) is 30.3 Å². The van der Waals surface area contributed by atoms with Crippen molar-refractivity contribution in [3.8, 4) is 0 Å². The summed E-state index contributed by atoms with van der Waals surface area (Å²) in [5.74, 6) is 0. The SMILES string of the molecule is C=C[C@H]1C[C@@H](CO[Si](C)(C)C(C)(C)C)N(C(=O)OCc2ccccc2)CO1. The highest BCUT2D eigenvalue weighted by Gasteiger charge is 2.40. The highest BCUT2D eigenvalue weighted by molar-refractivity contribution is 6.74. The topological polar surface area (TPSA) is 48.0 Å². The molecule has 0 aromatic heterocycles. The first-order valence-electron chi connectivity index (χ1n) is 9.49. The molecule has 0 saturated carbocycles. The molecular formula is C21H33NO4Si. The molecular weight excluding hydrogens is 358 g/mol. The average Bonchev–Trinajstić information content (AvgIpc) is 2.64. The molecule has 0 bridgehead atoms. The zero-order chi connectivity index (χ0) is 20.1. The monoisotopic (exact) mass is 391 g/mol.